The van der Waals surface area contributed by atoms with Crippen LogP contribution in [0.4, 0.5) is 11.9 Å². The van der Waals surface area contributed by atoms with E-state index in [9.17, 15) is 29.4 Å². The van der Waals surface area contributed by atoms with Gasteiger partial charge in [-0.15, -0.1) is 34.4 Å². The summed E-state index contributed by atoms with van der Waals surface area (Å²) in [4.78, 5) is 74.3. The number of thioether (sulfide) groups is 1. The highest BCUT2D eigenvalue weighted by Crippen LogP contribution is 2.34. The molecule has 0 radical (unpaired) electrons. The molecule has 5 heterocycles. The van der Waals surface area contributed by atoms with Gasteiger partial charge in [0.15, 0.2) is 0 Å². The number of imidazole rings is 2. The summed E-state index contributed by atoms with van der Waals surface area (Å²) in [5.74, 6) is -2.30. The van der Waals surface area contributed by atoms with Crippen molar-refractivity contribution in [1.82, 2.24) is 34.0 Å². The Hall–Kier alpha value is -5.67. The van der Waals surface area contributed by atoms with Crippen LogP contribution in [0.5, 0.6) is 5.75 Å². The van der Waals surface area contributed by atoms with Gasteiger partial charge in [0, 0.05) is 37.6 Å². The first-order valence-electron chi connectivity index (χ1n) is 20.1. The first-order valence-corrected chi connectivity index (χ1v) is 23.0. The molecular formula is C42H47N9O8S3. The summed E-state index contributed by atoms with van der Waals surface area (Å²) >= 11 is 3.94. The van der Waals surface area contributed by atoms with Gasteiger partial charge in [-0.25, -0.2) is 29.5 Å². The number of carboxylic acids is 2. The molecule has 1 aliphatic heterocycles. The summed E-state index contributed by atoms with van der Waals surface area (Å²) in [7, 11) is 0. The molecule has 0 bridgehead atoms. The second-order valence-corrected chi connectivity index (χ2v) is 17.6. The summed E-state index contributed by atoms with van der Waals surface area (Å²) < 4.78 is 15.4. The van der Waals surface area contributed by atoms with Gasteiger partial charge in [-0.2, -0.15) is 0 Å². The molecular weight excluding hydrogens is 855 g/mol. The van der Waals surface area contributed by atoms with Crippen LogP contribution in [0.2, 0.25) is 0 Å². The molecule has 1 aliphatic rings. The number of anilines is 2. The zero-order valence-electron chi connectivity index (χ0n) is 34.9. The minimum Gasteiger partial charge on any atom is -0.491 e. The quantitative estimate of drug-likeness (QED) is 0.0388. The predicted molar refractivity (Wildman–Crippen MR) is 240 cm³/mol. The van der Waals surface area contributed by atoms with Crippen molar-refractivity contribution >= 4 is 92.2 Å². The average molecular weight is 902 g/mol. The first-order chi connectivity index (χ1) is 29.9. The lowest BCUT2D eigenvalue weighted by atomic mass is 10.2. The Bertz CT molecular complexity index is 2690. The monoisotopic (exact) mass is 901 g/mol. The molecule has 4 N–H and O–H groups in total. The van der Waals surface area contributed by atoms with Crippen molar-refractivity contribution in [3.63, 3.8) is 0 Å². The minimum absolute atomic E-state index is 0.0122. The van der Waals surface area contributed by atoms with E-state index in [0.717, 1.165) is 29.6 Å². The second-order valence-electron chi connectivity index (χ2n) is 14.4. The van der Waals surface area contributed by atoms with Gasteiger partial charge in [0.05, 0.1) is 68.9 Å². The SMILES string of the molecule is CCc1nc(C)sc1C(=O)Nc1nc2cc(C(=O)O)cc(OCCCN3CCOCC3)c2n1C/C=C/Cn1c(NC(=O)c2sc(C)nc2CC)nc2cc(C(=O)O)cc(SC)c21. The van der Waals surface area contributed by atoms with Crippen LogP contribution < -0.4 is 15.4 Å². The number of aromatic nitrogens is 6. The summed E-state index contributed by atoms with van der Waals surface area (Å²) in [5.41, 5.74) is 3.25. The van der Waals surface area contributed by atoms with Crippen LogP contribution in [0.3, 0.4) is 0 Å². The maximum Gasteiger partial charge on any atom is 0.335 e. The Morgan fingerprint density at radius 1 is 0.790 bits per heavy atom. The standard InChI is InChI=1S/C42H47N9O8S3/c1-6-27-35(61-23(3)43-27)37(52)47-41-45-29-19-25(39(54)55)21-31(59-16-10-11-49-14-17-58-18-15-49)33(29)50(41)12-8-9-13-51-34-30(20-26(40(56)57)22-32(34)60-5)46-42(51)48-38(53)36-28(7-2)44-24(4)62-36/h8-9,19-22H,6-7,10-18H2,1-5H3,(H,54,55)(H,56,57)(H,45,47,52)(H,46,48,53)/b9-8+. The van der Waals surface area contributed by atoms with Crippen molar-refractivity contribution in [1.29, 1.82) is 0 Å². The van der Waals surface area contributed by atoms with Crippen LogP contribution in [-0.2, 0) is 30.7 Å². The molecule has 0 aliphatic carbocycles. The number of carboxylic acid groups (broad SMARTS) is 2. The van der Waals surface area contributed by atoms with E-state index in [1.165, 1.54) is 52.6 Å². The van der Waals surface area contributed by atoms with E-state index in [1.54, 1.807) is 10.6 Å². The molecule has 0 atom stereocenters. The van der Waals surface area contributed by atoms with Crippen LogP contribution in [-0.4, -0.2) is 114 Å². The number of nitrogens with zero attached hydrogens (tertiary/aromatic N) is 7. The van der Waals surface area contributed by atoms with Gasteiger partial charge >= 0.3 is 11.9 Å². The molecule has 0 spiro atoms. The molecule has 1 saturated heterocycles. The number of amides is 2. The molecule has 4 aromatic heterocycles. The van der Waals surface area contributed by atoms with Crippen molar-refractivity contribution in [3.05, 3.63) is 78.7 Å². The number of hydrogen-bond acceptors (Lipinski definition) is 14. The summed E-state index contributed by atoms with van der Waals surface area (Å²) in [6.07, 6.45) is 7.39. The van der Waals surface area contributed by atoms with Gasteiger partial charge in [-0.1, -0.05) is 26.0 Å². The number of aryl methyl sites for hydroxylation is 4. The molecule has 326 valence electrons. The lowest BCUT2D eigenvalue weighted by Crippen LogP contribution is -2.37. The number of hydrogen-bond donors (Lipinski definition) is 4. The van der Waals surface area contributed by atoms with Crippen molar-refractivity contribution in [2.45, 2.75) is 64.9 Å². The lowest BCUT2D eigenvalue weighted by molar-refractivity contribution is 0.0358. The third kappa shape index (κ3) is 9.68. The fourth-order valence-electron chi connectivity index (χ4n) is 7.27. The number of aromatic carboxylic acids is 2. The predicted octanol–water partition coefficient (Wildman–Crippen LogP) is 7.02. The number of ether oxygens (including phenoxy) is 2. The Labute approximate surface area is 369 Å². The van der Waals surface area contributed by atoms with E-state index >= 15 is 0 Å². The highest BCUT2D eigenvalue weighted by molar-refractivity contribution is 7.98. The Morgan fingerprint density at radius 3 is 1.82 bits per heavy atom. The third-order valence-electron chi connectivity index (χ3n) is 10.2. The average Bonchev–Trinajstić information content (AvgIpc) is 4.03. The largest absolute Gasteiger partial charge is 0.491 e. The first kappa shape index (κ1) is 44.4. The van der Waals surface area contributed by atoms with Gasteiger partial charge < -0.3 is 28.8 Å². The van der Waals surface area contributed by atoms with Crippen molar-refractivity contribution in [3.8, 4) is 5.75 Å². The molecule has 2 aromatic carbocycles. The van der Waals surface area contributed by atoms with Crippen LogP contribution in [0.25, 0.3) is 22.1 Å². The Morgan fingerprint density at radius 2 is 1.31 bits per heavy atom. The molecule has 0 unspecified atom stereocenters. The Kier molecular flexibility index (Phi) is 14.0. The number of allylic oxidation sites excluding steroid dienone is 2. The number of rotatable bonds is 18. The number of fused-ring (bicyclic) bond motifs is 2. The molecule has 17 nitrogen and oxygen atoms in total. The van der Waals surface area contributed by atoms with E-state index in [2.05, 4.69) is 25.5 Å². The van der Waals surface area contributed by atoms with Gasteiger partial charge in [0.2, 0.25) is 11.9 Å². The van der Waals surface area contributed by atoms with Crippen molar-refractivity contribution in [2.24, 2.45) is 0 Å². The summed E-state index contributed by atoms with van der Waals surface area (Å²) in [6.45, 7) is 12.0. The van der Waals surface area contributed by atoms with E-state index in [4.69, 9.17) is 19.4 Å². The number of thiazole rings is 2. The zero-order chi connectivity index (χ0) is 44.1. The number of benzene rings is 2. The van der Waals surface area contributed by atoms with Crippen LogP contribution in [0.15, 0.2) is 41.3 Å². The maximum absolute atomic E-state index is 13.8. The van der Waals surface area contributed by atoms with Gasteiger partial charge in [-0.05, 0) is 63.6 Å². The summed E-state index contributed by atoms with van der Waals surface area (Å²) in [5, 5.41) is 27.4. The molecule has 62 heavy (non-hydrogen) atoms. The molecule has 6 aromatic rings. The maximum atomic E-state index is 13.8. The lowest BCUT2D eigenvalue weighted by Gasteiger charge is -2.26. The molecule has 7 rings (SSSR count). The topological polar surface area (TPSA) is 216 Å². The van der Waals surface area contributed by atoms with Crippen LogP contribution in [0.1, 0.15) is 81.7 Å². The van der Waals surface area contributed by atoms with Crippen molar-refractivity contribution < 1.29 is 38.9 Å². The van der Waals surface area contributed by atoms with E-state index in [1.807, 2.05) is 50.7 Å². The molecule has 20 heteroatoms. The van der Waals surface area contributed by atoms with Gasteiger partial charge in [0.1, 0.15) is 21.0 Å². The molecule has 1 fully saturated rings. The number of carbonyl (C=O) groups is 4. The number of morpholine rings is 1. The van der Waals surface area contributed by atoms with E-state index in [0.29, 0.717) is 92.9 Å². The highest BCUT2D eigenvalue weighted by atomic mass is 32.2. The third-order valence-corrected chi connectivity index (χ3v) is 13.0. The zero-order valence-corrected chi connectivity index (χ0v) is 37.4. The molecule has 2 amide bonds. The summed E-state index contributed by atoms with van der Waals surface area (Å²) in [6, 6.07) is 6.00. The van der Waals surface area contributed by atoms with Crippen molar-refractivity contribution in [2.75, 3.05) is 56.3 Å². The Balaban J connectivity index is 1.25. The number of carbonyl (C=O) groups excluding carboxylic acids is 2. The molecule has 0 saturated carbocycles. The minimum atomic E-state index is -1.15. The number of nitrogens with one attached hydrogen (secondary N) is 2. The normalized spacial score (nSPS) is 13.4. The van der Waals surface area contributed by atoms with Crippen LogP contribution >= 0.6 is 34.4 Å². The highest BCUT2D eigenvalue weighted by Gasteiger charge is 2.24. The fourth-order valence-corrected chi connectivity index (χ4v) is 9.72. The van der Waals surface area contributed by atoms with Crippen LogP contribution in [0, 0.1) is 13.8 Å². The van der Waals surface area contributed by atoms with Gasteiger partial charge in [-0.3, -0.25) is 25.1 Å². The van der Waals surface area contributed by atoms with Gasteiger partial charge in [0.25, 0.3) is 11.8 Å². The fraction of sp³-hybridized carbons (Fsp3) is 0.381. The second kappa shape index (κ2) is 19.6. The smallest absolute Gasteiger partial charge is 0.335 e. The van der Waals surface area contributed by atoms with E-state index < -0.39 is 17.8 Å². The van der Waals surface area contributed by atoms with E-state index in [-0.39, 0.29) is 42.0 Å².